The molecule has 0 radical (unpaired) electrons. The van der Waals surface area contributed by atoms with Crippen molar-refractivity contribution < 1.29 is 19.2 Å². The second-order valence-corrected chi connectivity index (χ2v) is 10.7. The third-order valence-corrected chi connectivity index (χ3v) is 6.98. The molecular weight excluding hydrogens is 456 g/mol. The molecule has 2 fully saturated rings. The van der Waals surface area contributed by atoms with Gasteiger partial charge in [0.2, 0.25) is 5.91 Å². The van der Waals surface area contributed by atoms with E-state index in [2.05, 4.69) is 36.7 Å². The van der Waals surface area contributed by atoms with Crippen LogP contribution >= 0.6 is 0 Å². The van der Waals surface area contributed by atoms with E-state index < -0.39 is 11.6 Å². The minimum absolute atomic E-state index is 0.00685. The van der Waals surface area contributed by atoms with E-state index in [4.69, 9.17) is 0 Å². The summed E-state index contributed by atoms with van der Waals surface area (Å²) in [6.45, 7) is 6.34. The third-order valence-electron chi connectivity index (χ3n) is 6.98. The summed E-state index contributed by atoms with van der Waals surface area (Å²) < 4.78 is 0. The summed E-state index contributed by atoms with van der Waals surface area (Å²) in [6, 6.07) is 14.0. The van der Waals surface area contributed by atoms with Gasteiger partial charge in [-0.2, -0.15) is 0 Å². The Labute approximate surface area is 211 Å². The summed E-state index contributed by atoms with van der Waals surface area (Å²) in [4.78, 5) is 52.0. The Hall–Kier alpha value is -3.68. The molecule has 1 heterocycles. The molecule has 8 nitrogen and oxygen atoms in total. The van der Waals surface area contributed by atoms with Crippen LogP contribution in [0.1, 0.15) is 75.2 Å². The molecule has 0 bridgehead atoms. The van der Waals surface area contributed by atoms with E-state index in [1.807, 2.05) is 12.1 Å². The van der Waals surface area contributed by atoms with E-state index in [0.717, 1.165) is 29.7 Å². The van der Waals surface area contributed by atoms with Crippen LogP contribution < -0.4 is 16.0 Å². The molecule has 2 aromatic rings. The van der Waals surface area contributed by atoms with Gasteiger partial charge in [0.25, 0.3) is 11.8 Å². The Morgan fingerprint density at radius 1 is 0.917 bits per heavy atom. The predicted molar refractivity (Wildman–Crippen MR) is 139 cm³/mol. The standard InChI is InChI=1S/C28H34N4O4/c1-27(2,3)20-13-11-19(12-14-20)24(34)30-22-10-6-5-9-21(22)29-23(33)15-18-32-25(35)28(31-26(32)36)16-7-4-8-17-28/h5-6,9-14H,4,7-8,15-18H2,1-3H3,(H,29,33)(H,30,34)(H,31,36). The Morgan fingerprint density at radius 2 is 1.53 bits per heavy atom. The average molecular weight is 491 g/mol. The maximum Gasteiger partial charge on any atom is 0.325 e. The highest BCUT2D eigenvalue weighted by Crippen LogP contribution is 2.33. The lowest BCUT2D eigenvalue weighted by atomic mass is 9.82. The third kappa shape index (κ3) is 5.42. The number of hydrogen-bond donors (Lipinski definition) is 3. The number of anilines is 2. The van der Waals surface area contributed by atoms with E-state index in [1.54, 1.807) is 36.4 Å². The molecular formula is C28H34N4O4. The zero-order valence-electron chi connectivity index (χ0n) is 21.1. The molecule has 190 valence electrons. The molecule has 1 spiro atoms. The molecule has 2 aromatic carbocycles. The zero-order valence-corrected chi connectivity index (χ0v) is 21.1. The number of rotatable bonds is 6. The Kier molecular flexibility index (Phi) is 7.15. The highest BCUT2D eigenvalue weighted by atomic mass is 16.2. The number of imide groups is 1. The molecule has 0 atom stereocenters. The first-order chi connectivity index (χ1) is 17.1. The van der Waals surface area contributed by atoms with Crippen molar-refractivity contribution in [2.45, 2.75) is 70.3 Å². The molecule has 1 saturated carbocycles. The number of carbonyl (C=O) groups excluding carboxylic acids is 4. The summed E-state index contributed by atoms with van der Waals surface area (Å²) in [5.41, 5.74) is 1.75. The first-order valence-electron chi connectivity index (χ1n) is 12.5. The van der Waals surface area contributed by atoms with Crippen molar-refractivity contribution in [2.75, 3.05) is 17.2 Å². The van der Waals surface area contributed by atoms with Crippen LogP contribution in [0.2, 0.25) is 0 Å². The minimum atomic E-state index is -0.798. The SMILES string of the molecule is CC(C)(C)c1ccc(C(=O)Nc2ccccc2NC(=O)CCN2C(=O)NC3(CCCCC3)C2=O)cc1. The number of nitrogens with zero attached hydrogens (tertiary/aromatic N) is 1. The molecule has 36 heavy (non-hydrogen) atoms. The maximum atomic E-state index is 12.9. The van der Waals surface area contributed by atoms with Crippen molar-refractivity contribution in [3.05, 3.63) is 59.7 Å². The van der Waals surface area contributed by atoms with Crippen LogP contribution in [0.3, 0.4) is 0 Å². The van der Waals surface area contributed by atoms with Gasteiger partial charge in [-0.05, 0) is 48.1 Å². The van der Waals surface area contributed by atoms with Crippen LogP contribution in [0, 0.1) is 0 Å². The van der Waals surface area contributed by atoms with Crippen LogP contribution in [0.4, 0.5) is 16.2 Å². The average Bonchev–Trinajstić information content (AvgIpc) is 3.07. The monoisotopic (exact) mass is 490 g/mol. The summed E-state index contributed by atoms with van der Waals surface area (Å²) in [6.07, 6.45) is 4.13. The number of urea groups is 1. The lowest BCUT2D eigenvalue weighted by Gasteiger charge is -2.30. The Morgan fingerprint density at radius 3 is 2.14 bits per heavy atom. The van der Waals surface area contributed by atoms with Crippen molar-refractivity contribution in [1.29, 1.82) is 0 Å². The van der Waals surface area contributed by atoms with Crippen LogP contribution in [-0.4, -0.2) is 40.7 Å². The topological polar surface area (TPSA) is 108 Å². The van der Waals surface area contributed by atoms with E-state index in [1.165, 1.54) is 0 Å². The van der Waals surface area contributed by atoms with Gasteiger partial charge in [0.05, 0.1) is 11.4 Å². The molecule has 1 saturated heterocycles. The van der Waals surface area contributed by atoms with Crippen molar-refractivity contribution in [2.24, 2.45) is 0 Å². The van der Waals surface area contributed by atoms with Gasteiger partial charge in [-0.3, -0.25) is 19.3 Å². The van der Waals surface area contributed by atoms with E-state index in [0.29, 0.717) is 29.8 Å². The molecule has 1 aliphatic carbocycles. The van der Waals surface area contributed by atoms with Crippen molar-refractivity contribution in [3.8, 4) is 0 Å². The van der Waals surface area contributed by atoms with Crippen molar-refractivity contribution >= 4 is 35.1 Å². The van der Waals surface area contributed by atoms with Gasteiger partial charge in [0, 0.05) is 18.5 Å². The van der Waals surface area contributed by atoms with Crippen LogP contribution in [-0.2, 0) is 15.0 Å². The van der Waals surface area contributed by atoms with Gasteiger partial charge in [0.1, 0.15) is 5.54 Å². The van der Waals surface area contributed by atoms with E-state index >= 15 is 0 Å². The fourth-order valence-corrected chi connectivity index (χ4v) is 4.82. The van der Waals surface area contributed by atoms with Gasteiger partial charge in [-0.25, -0.2) is 4.79 Å². The smallest absolute Gasteiger partial charge is 0.324 e. The lowest BCUT2D eigenvalue weighted by Crippen LogP contribution is -2.48. The normalized spacial score (nSPS) is 17.1. The molecule has 4 rings (SSSR count). The van der Waals surface area contributed by atoms with Crippen molar-refractivity contribution in [3.63, 3.8) is 0 Å². The second-order valence-electron chi connectivity index (χ2n) is 10.7. The van der Waals surface area contributed by atoms with E-state index in [-0.39, 0.29) is 36.1 Å². The maximum absolute atomic E-state index is 12.9. The quantitative estimate of drug-likeness (QED) is 0.505. The second kappa shape index (κ2) is 10.1. The molecule has 2 aliphatic rings. The van der Waals surface area contributed by atoms with Gasteiger partial charge in [0.15, 0.2) is 0 Å². The summed E-state index contributed by atoms with van der Waals surface area (Å²) >= 11 is 0. The predicted octanol–water partition coefficient (Wildman–Crippen LogP) is 4.82. The zero-order chi connectivity index (χ0) is 25.9. The number of carbonyl (C=O) groups is 4. The summed E-state index contributed by atoms with van der Waals surface area (Å²) in [5, 5.41) is 8.51. The first kappa shape index (κ1) is 25.4. The number of amides is 5. The van der Waals surface area contributed by atoms with Crippen LogP contribution in [0.5, 0.6) is 0 Å². The van der Waals surface area contributed by atoms with Gasteiger partial charge in [-0.15, -0.1) is 0 Å². The van der Waals surface area contributed by atoms with Crippen LogP contribution in [0.25, 0.3) is 0 Å². The number of nitrogens with one attached hydrogen (secondary N) is 3. The largest absolute Gasteiger partial charge is 0.325 e. The molecule has 3 N–H and O–H groups in total. The number of hydrogen-bond acceptors (Lipinski definition) is 4. The summed E-state index contributed by atoms with van der Waals surface area (Å²) in [7, 11) is 0. The number of benzene rings is 2. The molecule has 1 aliphatic heterocycles. The number of para-hydroxylation sites is 2. The van der Waals surface area contributed by atoms with Gasteiger partial charge in [-0.1, -0.05) is 64.3 Å². The van der Waals surface area contributed by atoms with Gasteiger partial charge < -0.3 is 16.0 Å². The van der Waals surface area contributed by atoms with Gasteiger partial charge >= 0.3 is 6.03 Å². The molecule has 5 amide bonds. The van der Waals surface area contributed by atoms with Crippen molar-refractivity contribution in [1.82, 2.24) is 10.2 Å². The minimum Gasteiger partial charge on any atom is -0.324 e. The lowest BCUT2D eigenvalue weighted by molar-refractivity contribution is -0.132. The molecule has 8 heteroatoms. The Balaban J connectivity index is 1.36. The molecule has 0 unspecified atom stereocenters. The highest BCUT2D eigenvalue weighted by Gasteiger charge is 2.51. The fourth-order valence-electron chi connectivity index (χ4n) is 4.82. The van der Waals surface area contributed by atoms with E-state index in [9.17, 15) is 19.2 Å². The first-order valence-corrected chi connectivity index (χ1v) is 12.5. The highest BCUT2D eigenvalue weighted by molar-refractivity contribution is 6.08. The van der Waals surface area contributed by atoms with Crippen LogP contribution in [0.15, 0.2) is 48.5 Å². The Bertz CT molecular complexity index is 1160. The molecule has 0 aromatic heterocycles. The fraction of sp³-hybridized carbons (Fsp3) is 0.429. The summed E-state index contributed by atoms with van der Waals surface area (Å²) in [5.74, 6) is -0.865.